The molecule has 0 radical (unpaired) electrons. The summed E-state index contributed by atoms with van der Waals surface area (Å²) in [4.78, 5) is 52.7. The highest BCUT2D eigenvalue weighted by atomic mass is 16.6. The third-order valence-corrected chi connectivity index (χ3v) is 10.7. The summed E-state index contributed by atoms with van der Waals surface area (Å²) in [6.45, 7) is 9.33. The van der Waals surface area contributed by atoms with Crippen LogP contribution in [0, 0.1) is 16.7 Å². The Balaban J connectivity index is 1.60. The lowest BCUT2D eigenvalue weighted by atomic mass is 9.46. The van der Waals surface area contributed by atoms with E-state index in [0.29, 0.717) is 17.6 Å². The highest BCUT2D eigenvalue weighted by Crippen LogP contribution is 2.63. The van der Waals surface area contributed by atoms with Crippen LogP contribution in [0.25, 0.3) is 0 Å². The molecule has 2 saturated carbocycles. The Morgan fingerprint density at radius 2 is 1.70 bits per heavy atom. The SMILES string of the molecule is CC(=O)O[C@H]1C(=O)[C@@]2(C)[C@H](C[C@]3(O)C[C@H](OC(=O)CCc4ccccc4)C(C)=C1C3(C)C)[C@]1(OC(C)=O)CO[C@@H]1C[C@@H]2O. The predicted octanol–water partition coefficient (Wildman–Crippen LogP) is 3.00. The first-order valence-corrected chi connectivity index (χ1v) is 14.9. The summed E-state index contributed by atoms with van der Waals surface area (Å²) in [5, 5.41) is 24.1. The van der Waals surface area contributed by atoms with Crippen LogP contribution in [0.15, 0.2) is 41.5 Å². The molecule has 0 spiro atoms. The zero-order valence-corrected chi connectivity index (χ0v) is 25.7. The monoisotopic (exact) mass is 598 g/mol. The molecule has 5 rings (SSSR count). The number of esters is 3. The summed E-state index contributed by atoms with van der Waals surface area (Å²) >= 11 is 0. The topological polar surface area (TPSA) is 146 Å². The second-order valence-electron chi connectivity index (χ2n) is 13.4. The van der Waals surface area contributed by atoms with E-state index in [9.17, 15) is 29.4 Å². The van der Waals surface area contributed by atoms with Gasteiger partial charge in [-0.2, -0.15) is 0 Å². The number of hydrogen-bond donors (Lipinski definition) is 2. The Hall–Kier alpha value is -3.08. The highest BCUT2D eigenvalue weighted by molar-refractivity contribution is 5.95. The maximum Gasteiger partial charge on any atom is 0.306 e. The molecule has 2 bridgehead atoms. The number of aryl methyl sites for hydroxylation is 1. The van der Waals surface area contributed by atoms with Crippen molar-refractivity contribution < 1.29 is 48.3 Å². The van der Waals surface area contributed by atoms with Crippen LogP contribution in [0.3, 0.4) is 0 Å². The number of ketones is 1. The van der Waals surface area contributed by atoms with Crippen molar-refractivity contribution in [3.05, 3.63) is 47.0 Å². The van der Waals surface area contributed by atoms with Crippen molar-refractivity contribution in [2.75, 3.05) is 6.61 Å². The van der Waals surface area contributed by atoms with Gasteiger partial charge in [0.1, 0.15) is 12.2 Å². The van der Waals surface area contributed by atoms with Gasteiger partial charge in [0.2, 0.25) is 0 Å². The van der Waals surface area contributed by atoms with Gasteiger partial charge < -0.3 is 29.2 Å². The van der Waals surface area contributed by atoms with Gasteiger partial charge >= 0.3 is 17.9 Å². The average Bonchev–Trinajstić information content (AvgIpc) is 2.92. The van der Waals surface area contributed by atoms with E-state index in [4.69, 9.17) is 18.9 Å². The number of aliphatic hydroxyl groups excluding tert-OH is 1. The lowest BCUT2D eigenvalue weighted by molar-refractivity contribution is -0.327. The Morgan fingerprint density at radius 3 is 2.28 bits per heavy atom. The van der Waals surface area contributed by atoms with Crippen molar-refractivity contribution in [1.82, 2.24) is 0 Å². The number of aliphatic hydroxyl groups is 2. The molecule has 234 valence electrons. The van der Waals surface area contributed by atoms with E-state index >= 15 is 0 Å². The van der Waals surface area contributed by atoms with Gasteiger partial charge in [0.05, 0.1) is 23.7 Å². The molecule has 0 amide bonds. The van der Waals surface area contributed by atoms with Crippen LogP contribution < -0.4 is 0 Å². The number of Topliss-reactive ketones (excluding diaryl/α,β-unsaturated/α-hetero) is 1. The molecule has 43 heavy (non-hydrogen) atoms. The fourth-order valence-electron chi connectivity index (χ4n) is 8.07. The molecule has 8 atom stereocenters. The summed E-state index contributed by atoms with van der Waals surface area (Å²) in [5.41, 5.74) is -3.76. The number of benzene rings is 1. The van der Waals surface area contributed by atoms with Gasteiger partial charge in [-0.1, -0.05) is 44.2 Å². The van der Waals surface area contributed by atoms with Gasteiger partial charge in [-0.15, -0.1) is 0 Å². The molecule has 0 unspecified atom stereocenters. The van der Waals surface area contributed by atoms with Gasteiger partial charge in [0, 0.05) is 44.4 Å². The Morgan fingerprint density at radius 1 is 1.02 bits per heavy atom. The number of carbonyl (C=O) groups is 4. The molecule has 10 heteroatoms. The van der Waals surface area contributed by atoms with Gasteiger partial charge in [0.15, 0.2) is 17.5 Å². The van der Waals surface area contributed by atoms with Crippen LogP contribution in [0.5, 0.6) is 0 Å². The summed E-state index contributed by atoms with van der Waals surface area (Å²) < 4.78 is 23.4. The maximum absolute atomic E-state index is 14.7. The molecule has 10 nitrogen and oxygen atoms in total. The lowest BCUT2D eigenvalue weighted by Gasteiger charge is -2.65. The third-order valence-electron chi connectivity index (χ3n) is 10.7. The molecule has 1 aliphatic heterocycles. The first-order chi connectivity index (χ1) is 20.1. The Labute approximate surface area is 251 Å². The summed E-state index contributed by atoms with van der Waals surface area (Å²) in [7, 11) is 0. The van der Waals surface area contributed by atoms with Crippen LogP contribution in [0.1, 0.15) is 72.8 Å². The van der Waals surface area contributed by atoms with Gasteiger partial charge in [-0.3, -0.25) is 19.2 Å². The molecule has 1 aromatic carbocycles. The predicted molar refractivity (Wildman–Crippen MR) is 152 cm³/mol. The summed E-state index contributed by atoms with van der Waals surface area (Å²) in [5.74, 6) is -3.21. The third kappa shape index (κ3) is 4.91. The molecular formula is C33H42O10. The van der Waals surface area contributed by atoms with E-state index < -0.39 is 76.1 Å². The Kier molecular flexibility index (Phi) is 7.89. The normalized spacial score (nSPS) is 38.0. The van der Waals surface area contributed by atoms with Crippen LogP contribution in [-0.2, 0) is 44.5 Å². The fraction of sp³-hybridized carbons (Fsp3) is 0.636. The largest absolute Gasteiger partial charge is 0.458 e. The van der Waals surface area contributed by atoms with Gasteiger partial charge in [-0.25, -0.2) is 0 Å². The van der Waals surface area contributed by atoms with E-state index in [1.807, 2.05) is 30.3 Å². The molecule has 2 N–H and O–H groups in total. The maximum atomic E-state index is 14.7. The van der Waals surface area contributed by atoms with E-state index in [1.165, 1.54) is 13.8 Å². The molecule has 3 fully saturated rings. The highest BCUT2D eigenvalue weighted by Gasteiger charge is 2.74. The van der Waals surface area contributed by atoms with Crippen LogP contribution in [0.2, 0.25) is 0 Å². The number of carbonyl (C=O) groups excluding carboxylic acids is 4. The van der Waals surface area contributed by atoms with Crippen molar-refractivity contribution in [3.63, 3.8) is 0 Å². The van der Waals surface area contributed by atoms with E-state index in [1.54, 1.807) is 27.7 Å². The minimum Gasteiger partial charge on any atom is -0.458 e. The quantitative estimate of drug-likeness (QED) is 0.285. The van der Waals surface area contributed by atoms with Crippen molar-refractivity contribution in [3.8, 4) is 0 Å². The van der Waals surface area contributed by atoms with Crippen molar-refractivity contribution in [2.24, 2.45) is 16.7 Å². The molecule has 0 aromatic heterocycles. The second kappa shape index (κ2) is 10.8. The van der Waals surface area contributed by atoms with E-state index in [0.717, 1.165) is 5.56 Å². The standard InChI is InChI=1S/C33H42O10/c1-18-22(42-26(37)13-12-21-10-8-7-9-11-21)15-32(39)16-23-31(6,24(36)14-25-33(23,17-40-25)43-20(3)35)29(38)28(41-19(2)34)27(18)30(32,4)5/h7-11,22-25,28,36,39H,12-17H2,1-6H3/t22-,23-,24-,25+,28+,31-,32+,33+/m0/s1. The lowest BCUT2D eigenvalue weighted by Crippen LogP contribution is -2.77. The number of rotatable bonds is 6. The number of hydrogen-bond acceptors (Lipinski definition) is 10. The molecule has 1 aromatic rings. The smallest absolute Gasteiger partial charge is 0.306 e. The van der Waals surface area contributed by atoms with E-state index in [-0.39, 0.29) is 32.3 Å². The molecular weight excluding hydrogens is 556 g/mol. The van der Waals surface area contributed by atoms with Crippen molar-refractivity contribution in [2.45, 2.75) is 109 Å². The zero-order valence-electron chi connectivity index (χ0n) is 25.7. The van der Waals surface area contributed by atoms with Crippen molar-refractivity contribution in [1.29, 1.82) is 0 Å². The van der Waals surface area contributed by atoms with Crippen LogP contribution >= 0.6 is 0 Å². The van der Waals surface area contributed by atoms with Crippen LogP contribution in [0.4, 0.5) is 0 Å². The Bertz CT molecular complexity index is 1350. The first-order valence-electron chi connectivity index (χ1n) is 14.9. The minimum atomic E-state index is -1.62. The molecule has 1 saturated heterocycles. The zero-order chi connectivity index (χ0) is 31.5. The second-order valence-corrected chi connectivity index (χ2v) is 13.4. The number of ether oxygens (including phenoxy) is 4. The molecule has 4 aliphatic rings. The van der Waals surface area contributed by atoms with Crippen molar-refractivity contribution >= 4 is 23.7 Å². The fourth-order valence-corrected chi connectivity index (χ4v) is 8.07. The number of fused-ring (bicyclic) bond motifs is 5. The average molecular weight is 599 g/mol. The van der Waals surface area contributed by atoms with Gasteiger partial charge in [-0.05, 0) is 43.4 Å². The summed E-state index contributed by atoms with van der Waals surface area (Å²) in [6, 6.07) is 9.53. The summed E-state index contributed by atoms with van der Waals surface area (Å²) in [6.07, 6.45) is -3.74. The molecule has 3 aliphatic carbocycles. The minimum absolute atomic E-state index is 0.00224. The van der Waals surface area contributed by atoms with E-state index in [2.05, 4.69) is 0 Å². The molecule has 1 heterocycles. The van der Waals surface area contributed by atoms with Gasteiger partial charge in [0.25, 0.3) is 0 Å². The van der Waals surface area contributed by atoms with Crippen LogP contribution in [-0.4, -0.2) is 76.1 Å². The first kappa shape index (κ1) is 31.3.